The molecule has 1 rings (SSSR count). The third kappa shape index (κ3) is 5.35. The Balaban J connectivity index is 2.24. The van der Waals surface area contributed by atoms with E-state index in [1.807, 2.05) is 11.8 Å². The molecule has 1 unspecified atom stereocenters. The Labute approximate surface area is 109 Å². The quantitative estimate of drug-likeness (QED) is 0.477. The van der Waals surface area contributed by atoms with E-state index in [1.54, 1.807) is 0 Å². The van der Waals surface area contributed by atoms with Crippen LogP contribution < -0.4 is 0 Å². The van der Waals surface area contributed by atoms with Crippen LogP contribution in [0.15, 0.2) is 0 Å². The van der Waals surface area contributed by atoms with E-state index in [-0.39, 0.29) is 5.25 Å². The van der Waals surface area contributed by atoms with Gasteiger partial charge in [0.2, 0.25) is 0 Å². The minimum Gasteiger partial charge on any atom is -0.309 e. The van der Waals surface area contributed by atoms with Crippen molar-refractivity contribution in [3.05, 3.63) is 8.96 Å². The highest BCUT2D eigenvalue weighted by Gasteiger charge is 2.10. The van der Waals surface area contributed by atoms with Crippen molar-refractivity contribution in [2.45, 2.75) is 5.25 Å². The third-order valence-corrected chi connectivity index (χ3v) is 4.79. The minimum atomic E-state index is 0.190. The first-order chi connectivity index (χ1) is 7.09. The van der Waals surface area contributed by atoms with E-state index >= 15 is 0 Å². The lowest BCUT2D eigenvalue weighted by molar-refractivity contribution is 0.437. The van der Waals surface area contributed by atoms with E-state index in [2.05, 4.69) is 41.8 Å². The molecule has 0 spiro atoms. The van der Waals surface area contributed by atoms with Gasteiger partial charge < -0.3 is 4.90 Å². The van der Waals surface area contributed by atoms with Gasteiger partial charge in [-0.1, -0.05) is 11.3 Å². The van der Waals surface area contributed by atoms with Crippen LogP contribution in [0.3, 0.4) is 0 Å². The summed E-state index contributed by atoms with van der Waals surface area (Å²) in [5.41, 5.74) is 0. The molecule has 7 heteroatoms. The molecule has 0 saturated heterocycles. The van der Waals surface area contributed by atoms with Crippen LogP contribution in [0, 0.1) is 3.95 Å². The zero-order valence-corrected chi connectivity index (χ0v) is 12.1. The average Bonchev–Trinajstić information content (AvgIpc) is 2.59. The summed E-state index contributed by atoms with van der Waals surface area (Å²) in [5, 5.41) is 8.07. The van der Waals surface area contributed by atoms with Crippen molar-refractivity contribution in [1.29, 1.82) is 0 Å². The summed E-state index contributed by atoms with van der Waals surface area (Å²) in [7, 11) is 4.16. The third-order valence-electron chi connectivity index (χ3n) is 1.70. The maximum atomic E-state index is 4.97. The van der Waals surface area contributed by atoms with Crippen molar-refractivity contribution < 1.29 is 0 Å². The molecule has 0 aliphatic carbocycles. The van der Waals surface area contributed by atoms with Crippen molar-refractivity contribution in [2.24, 2.45) is 0 Å². The lowest BCUT2D eigenvalue weighted by Gasteiger charge is -2.10. The molecule has 0 aliphatic rings. The summed E-state index contributed by atoms with van der Waals surface area (Å²) < 4.78 is 0.724. The Morgan fingerprint density at radius 3 is 2.93 bits per heavy atom. The van der Waals surface area contributed by atoms with Gasteiger partial charge in [0.05, 0.1) is 5.25 Å². The molecular weight excluding hydrogens is 266 g/mol. The Morgan fingerprint density at radius 1 is 1.67 bits per heavy atom. The minimum absolute atomic E-state index is 0.190. The second-order valence-electron chi connectivity index (χ2n) is 3.35. The predicted molar refractivity (Wildman–Crippen MR) is 74.9 cm³/mol. The van der Waals surface area contributed by atoms with Crippen molar-refractivity contribution >= 4 is 47.9 Å². The molecule has 1 aromatic heterocycles. The van der Waals surface area contributed by atoms with E-state index in [4.69, 9.17) is 12.2 Å². The number of hydrogen-bond acceptors (Lipinski definition) is 6. The number of thiol groups is 1. The Hall–Kier alpha value is 0.440. The van der Waals surface area contributed by atoms with Gasteiger partial charge in [-0.05, 0) is 26.3 Å². The monoisotopic (exact) mass is 281 g/mol. The molecule has 1 N–H and O–H groups in total. The zero-order valence-electron chi connectivity index (χ0n) is 8.77. The summed E-state index contributed by atoms with van der Waals surface area (Å²) >= 11 is 12.9. The number of nitrogens with one attached hydrogen (secondary N) is 1. The number of rotatable bonds is 6. The lowest BCUT2D eigenvalue weighted by atomic mass is 10.5. The highest BCUT2D eigenvalue weighted by molar-refractivity contribution is 8.00. The topological polar surface area (TPSA) is 31.9 Å². The summed E-state index contributed by atoms with van der Waals surface area (Å²) in [6, 6.07) is 0. The molecule has 15 heavy (non-hydrogen) atoms. The van der Waals surface area contributed by atoms with Crippen LogP contribution in [-0.4, -0.2) is 47.2 Å². The van der Waals surface area contributed by atoms with Gasteiger partial charge in [-0.25, -0.2) is 0 Å². The molecule has 0 bridgehead atoms. The van der Waals surface area contributed by atoms with Gasteiger partial charge in [-0.3, -0.25) is 5.10 Å². The van der Waals surface area contributed by atoms with E-state index in [1.165, 1.54) is 11.3 Å². The van der Waals surface area contributed by atoms with Crippen LogP contribution in [0.1, 0.15) is 10.3 Å². The number of nitrogens with zero attached hydrogens (tertiary/aromatic N) is 2. The summed E-state index contributed by atoms with van der Waals surface area (Å²) in [5.74, 6) is 2.10. The number of H-pyrrole nitrogens is 1. The number of hydrogen-bond donors (Lipinski definition) is 2. The van der Waals surface area contributed by atoms with Crippen molar-refractivity contribution in [3.8, 4) is 0 Å². The van der Waals surface area contributed by atoms with Crippen molar-refractivity contribution in [2.75, 3.05) is 32.1 Å². The second kappa shape index (κ2) is 6.90. The fraction of sp³-hybridized carbons (Fsp3) is 0.750. The fourth-order valence-corrected chi connectivity index (χ4v) is 3.47. The normalized spacial score (nSPS) is 13.3. The molecule has 0 aliphatic heterocycles. The van der Waals surface area contributed by atoms with Crippen LogP contribution in [0.5, 0.6) is 0 Å². The molecule has 86 valence electrons. The van der Waals surface area contributed by atoms with Gasteiger partial charge in [-0.2, -0.15) is 29.5 Å². The first kappa shape index (κ1) is 13.5. The van der Waals surface area contributed by atoms with E-state index in [9.17, 15) is 0 Å². The van der Waals surface area contributed by atoms with Crippen LogP contribution in [0.4, 0.5) is 0 Å². The predicted octanol–water partition coefficient (Wildman–Crippen LogP) is 2.47. The number of aromatic amines is 1. The van der Waals surface area contributed by atoms with Crippen LogP contribution >= 0.6 is 47.9 Å². The number of thioether (sulfide) groups is 1. The van der Waals surface area contributed by atoms with E-state index in [0.717, 1.165) is 27.0 Å². The first-order valence-electron chi connectivity index (χ1n) is 4.55. The van der Waals surface area contributed by atoms with Gasteiger partial charge in [0.15, 0.2) is 3.95 Å². The van der Waals surface area contributed by atoms with Crippen LogP contribution in [0.25, 0.3) is 0 Å². The van der Waals surface area contributed by atoms with Gasteiger partial charge >= 0.3 is 0 Å². The summed E-state index contributed by atoms with van der Waals surface area (Å²) in [6.07, 6.45) is 0. The SMILES string of the molecule is CN(C)CCSCC(S)c1n[nH]c(=S)s1. The number of aromatic nitrogens is 2. The Bertz CT molecular complexity index is 333. The molecule has 1 atom stereocenters. The van der Waals surface area contributed by atoms with Crippen molar-refractivity contribution in [3.63, 3.8) is 0 Å². The van der Waals surface area contributed by atoms with Gasteiger partial charge in [0, 0.05) is 18.1 Å². The maximum Gasteiger partial charge on any atom is 0.176 e. The van der Waals surface area contributed by atoms with E-state index in [0.29, 0.717) is 0 Å². The second-order valence-corrected chi connectivity index (χ2v) is 6.82. The fourth-order valence-electron chi connectivity index (χ4n) is 0.897. The molecule has 0 amide bonds. The highest BCUT2D eigenvalue weighted by atomic mass is 32.2. The highest BCUT2D eigenvalue weighted by Crippen LogP contribution is 2.25. The van der Waals surface area contributed by atoms with Crippen LogP contribution in [-0.2, 0) is 0 Å². The summed E-state index contributed by atoms with van der Waals surface area (Å²) in [6.45, 7) is 1.10. The lowest BCUT2D eigenvalue weighted by Crippen LogP contribution is -2.15. The maximum absolute atomic E-state index is 4.97. The molecule has 0 radical (unpaired) electrons. The molecule has 0 fully saturated rings. The average molecular weight is 281 g/mol. The Kier molecular flexibility index (Phi) is 6.21. The molecule has 1 heterocycles. The molecule has 0 aromatic carbocycles. The molecule has 3 nitrogen and oxygen atoms in total. The smallest absolute Gasteiger partial charge is 0.176 e. The zero-order chi connectivity index (χ0) is 11.3. The molecule has 0 saturated carbocycles. The molecule has 1 aromatic rings. The first-order valence-corrected chi connectivity index (χ1v) is 7.45. The van der Waals surface area contributed by atoms with Gasteiger partial charge in [0.25, 0.3) is 0 Å². The van der Waals surface area contributed by atoms with Gasteiger partial charge in [-0.15, -0.1) is 0 Å². The largest absolute Gasteiger partial charge is 0.309 e. The standard InChI is InChI=1S/C8H15N3S4/c1-11(2)3-4-14-5-6(12)7-9-10-8(13)15-7/h6,12H,3-5H2,1-2H3,(H,10,13). The molecular formula is C8H15N3S4. The Morgan fingerprint density at radius 2 is 2.40 bits per heavy atom. The van der Waals surface area contributed by atoms with E-state index < -0.39 is 0 Å². The van der Waals surface area contributed by atoms with Gasteiger partial charge in [0.1, 0.15) is 5.01 Å². The van der Waals surface area contributed by atoms with Crippen LogP contribution in [0.2, 0.25) is 0 Å². The summed E-state index contributed by atoms with van der Waals surface area (Å²) in [4.78, 5) is 2.18. The van der Waals surface area contributed by atoms with Crippen molar-refractivity contribution in [1.82, 2.24) is 15.1 Å².